The van der Waals surface area contributed by atoms with Gasteiger partial charge in [0.1, 0.15) is 6.04 Å². The van der Waals surface area contributed by atoms with Crippen LogP contribution >= 0.6 is 0 Å². The number of rotatable bonds is 3. The SMILES string of the molecule is CC1CC1C(=O)N1CCCCC1c1nc(-c2ccc(F)c(F)c2)no1. The Morgan fingerprint density at radius 3 is 2.80 bits per heavy atom. The van der Waals surface area contributed by atoms with Gasteiger partial charge in [0.15, 0.2) is 11.6 Å². The van der Waals surface area contributed by atoms with Gasteiger partial charge in [0, 0.05) is 18.0 Å². The van der Waals surface area contributed by atoms with Crippen LogP contribution in [0.1, 0.15) is 44.5 Å². The Hall–Kier alpha value is -2.31. The zero-order valence-corrected chi connectivity index (χ0v) is 13.9. The third-order valence-corrected chi connectivity index (χ3v) is 5.12. The van der Waals surface area contributed by atoms with Gasteiger partial charge >= 0.3 is 0 Å². The van der Waals surface area contributed by atoms with Crippen molar-refractivity contribution in [3.05, 3.63) is 35.7 Å². The molecule has 7 heteroatoms. The van der Waals surface area contributed by atoms with Gasteiger partial charge in [-0.2, -0.15) is 4.98 Å². The van der Waals surface area contributed by atoms with E-state index in [0.29, 0.717) is 23.9 Å². The van der Waals surface area contributed by atoms with Gasteiger partial charge in [0.25, 0.3) is 0 Å². The molecule has 0 radical (unpaired) electrons. The Morgan fingerprint density at radius 1 is 1.28 bits per heavy atom. The fourth-order valence-electron chi connectivity index (χ4n) is 3.45. The molecule has 1 aliphatic heterocycles. The minimum absolute atomic E-state index is 0.106. The molecule has 2 aromatic rings. The van der Waals surface area contributed by atoms with E-state index in [0.717, 1.165) is 37.8 Å². The largest absolute Gasteiger partial charge is 0.337 e. The van der Waals surface area contributed by atoms with E-state index < -0.39 is 11.6 Å². The lowest BCUT2D eigenvalue weighted by Crippen LogP contribution is -2.39. The van der Waals surface area contributed by atoms with Crippen molar-refractivity contribution in [1.82, 2.24) is 15.0 Å². The minimum Gasteiger partial charge on any atom is -0.337 e. The predicted molar refractivity (Wildman–Crippen MR) is 85.2 cm³/mol. The van der Waals surface area contributed by atoms with Crippen molar-refractivity contribution in [2.24, 2.45) is 11.8 Å². The van der Waals surface area contributed by atoms with Crippen molar-refractivity contribution in [1.29, 1.82) is 0 Å². The second-order valence-electron chi connectivity index (χ2n) is 6.95. The summed E-state index contributed by atoms with van der Waals surface area (Å²) in [5.41, 5.74) is 0.346. The number of nitrogens with zero attached hydrogens (tertiary/aromatic N) is 3. The van der Waals surface area contributed by atoms with Crippen LogP contribution in [0.15, 0.2) is 22.7 Å². The van der Waals surface area contributed by atoms with Crippen molar-refractivity contribution in [2.45, 2.75) is 38.6 Å². The van der Waals surface area contributed by atoms with Crippen LogP contribution in [-0.2, 0) is 4.79 Å². The lowest BCUT2D eigenvalue weighted by molar-refractivity contribution is -0.137. The average Bonchev–Trinajstić information content (AvgIpc) is 3.15. The first-order valence-corrected chi connectivity index (χ1v) is 8.64. The molecule has 3 atom stereocenters. The maximum absolute atomic E-state index is 13.4. The second kappa shape index (κ2) is 6.20. The molecule has 5 nitrogen and oxygen atoms in total. The Kier molecular flexibility index (Phi) is 4.01. The summed E-state index contributed by atoms with van der Waals surface area (Å²) >= 11 is 0. The monoisotopic (exact) mass is 347 g/mol. The first-order chi connectivity index (χ1) is 12.0. The summed E-state index contributed by atoms with van der Waals surface area (Å²) in [4.78, 5) is 18.9. The third kappa shape index (κ3) is 3.03. The Morgan fingerprint density at radius 2 is 2.08 bits per heavy atom. The highest BCUT2D eigenvalue weighted by atomic mass is 19.2. The van der Waals surface area contributed by atoms with Gasteiger partial charge < -0.3 is 9.42 Å². The predicted octanol–water partition coefficient (Wildman–Crippen LogP) is 3.72. The molecule has 3 unspecified atom stereocenters. The van der Waals surface area contributed by atoms with E-state index in [-0.39, 0.29) is 23.7 Å². The molecular formula is C18H19F2N3O2. The molecule has 2 heterocycles. The van der Waals surface area contributed by atoms with Crippen LogP contribution in [-0.4, -0.2) is 27.5 Å². The van der Waals surface area contributed by atoms with Crippen LogP contribution in [0, 0.1) is 23.5 Å². The standard InChI is InChI=1S/C18H19F2N3O2/c1-10-8-12(10)18(24)23-7-3-2-4-15(23)17-21-16(22-25-17)11-5-6-13(19)14(20)9-11/h5-6,9-10,12,15H,2-4,7-8H2,1H3. The summed E-state index contributed by atoms with van der Waals surface area (Å²) in [5, 5.41) is 3.89. The molecule has 1 amide bonds. The van der Waals surface area contributed by atoms with Crippen molar-refractivity contribution in [2.75, 3.05) is 6.54 Å². The van der Waals surface area contributed by atoms with Gasteiger partial charge in [-0.05, 0) is 49.8 Å². The lowest BCUT2D eigenvalue weighted by Gasteiger charge is -2.33. The van der Waals surface area contributed by atoms with E-state index >= 15 is 0 Å². The van der Waals surface area contributed by atoms with Crippen LogP contribution in [0.5, 0.6) is 0 Å². The molecule has 1 aliphatic carbocycles. The Bertz CT molecular complexity index is 807. The molecular weight excluding hydrogens is 328 g/mol. The quantitative estimate of drug-likeness (QED) is 0.849. The number of aromatic nitrogens is 2. The fraction of sp³-hybridized carbons (Fsp3) is 0.500. The number of benzene rings is 1. The third-order valence-electron chi connectivity index (χ3n) is 5.12. The van der Waals surface area contributed by atoms with Gasteiger partial charge in [-0.15, -0.1) is 0 Å². The summed E-state index contributed by atoms with van der Waals surface area (Å²) < 4.78 is 31.9. The van der Waals surface area contributed by atoms with E-state index in [1.807, 2.05) is 4.90 Å². The van der Waals surface area contributed by atoms with E-state index in [4.69, 9.17) is 4.52 Å². The number of carbonyl (C=O) groups excluding carboxylic acids is 1. The number of likely N-dealkylation sites (tertiary alicyclic amines) is 1. The van der Waals surface area contributed by atoms with Crippen molar-refractivity contribution in [3.8, 4) is 11.4 Å². The number of hydrogen-bond donors (Lipinski definition) is 0. The highest BCUT2D eigenvalue weighted by Crippen LogP contribution is 2.42. The molecule has 25 heavy (non-hydrogen) atoms. The number of halogens is 2. The van der Waals surface area contributed by atoms with Crippen molar-refractivity contribution >= 4 is 5.91 Å². The van der Waals surface area contributed by atoms with E-state index in [2.05, 4.69) is 17.1 Å². The summed E-state index contributed by atoms with van der Waals surface area (Å²) in [6.07, 6.45) is 3.66. The zero-order valence-electron chi connectivity index (χ0n) is 13.9. The average molecular weight is 347 g/mol. The normalized spacial score (nSPS) is 25.9. The maximum Gasteiger partial charge on any atom is 0.249 e. The van der Waals surface area contributed by atoms with Crippen molar-refractivity contribution in [3.63, 3.8) is 0 Å². The van der Waals surface area contributed by atoms with Gasteiger partial charge in [-0.25, -0.2) is 8.78 Å². The zero-order chi connectivity index (χ0) is 17.6. The van der Waals surface area contributed by atoms with Crippen LogP contribution in [0.4, 0.5) is 8.78 Å². The molecule has 1 saturated carbocycles. The maximum atomic E-state index is 13.4. The van der Waals surface area contributed by atoms with Crippen LogP contribution < -0.4 is 0 Å². The summed E-state index contributed by atoms with van der Waals surface area (Å²) in [7, 11) is 0. The van der Waals surface area contributed by atoms with E-state index in [1.165, 1.54) is 6.07 Å². The van der Waals surface area contributed by atoms with Crippen LogP contribution in [0.3, 0.4) is 0 Å². The van der Waals surface area contributed by atoms with Gasteiger partial charge in [-0.3, -0.25) is 4.79 Å². The molecule has 132 valence electrons. The smallest absolute Gasteiger partial charge is 0.249 e. The molecule has 0 spiro atoms. The molecule has 4 rings (SSSR count). The molecule has 1 saturated heterocycles. The molecule has 1 aromatic heterocycles. The Labute approximate surface area is 144 Å². The highest BCUT2D eigenvalue weighted by molar-refractivity contribution is 5.82. The van der Waals surface area contributed by atoms with Gasteiger partial charge in [0.2, 0.25) is 17.6 Å². The number of hydrogen-bond acceptors (Lipinski definition) is 4. The van der Waals surface area contributed by atoms with Gasteiger partial charge in [-0.1, -0.05) is 12.1 Å². The topological polar surface area (TPSA) is 59.2 Å². The first-order valence-electron chi connectivity index (χ1n) is 8.64. The molecule has 0 bridgehead atoms. The summed E-state index contributed by atoms with van der Waals surface area (Å²) in [6.45, 7) is 2.77. The van der Waals surface area contributed by atoms with Gasteiger partial charge in [0.05, 0.1) is 0 Å². The second-order valence-corrected chi connectivity index (χ2v) is 6.95. The first kappa shape index (κ1) is 16.2. The Balaban J connectivity index is 1.59. The number of piperidine rings is 1. The fourth-order valence-corrected chi connectivity index (χ4v) is 3.45. The molecule has 1 aromatic carbocycles. The highest BCUT2D eigenvalue weighted by Gasteiger charge is 2.44. The molecule has 2 fully saturated rings. The van der Waals surface area contributed by atoms with Crippen molar-refractivity contribution < 1.29 is 18.1 Å². The summed E-state index contributed by atoms with van der Waals surface area (Å²) in [5.74, 6) is -0.613. The minimum atomic E-state index is -0.957. The van der Waals surface area contributed by atoms with E-state index in [9.17, 15) is 13.6 Å². The number of amides is 1. The number of carbonyl (C=O) groups is 1. The van der Waals surface area contributed by atoms with E-state index in [1.54, 1.807) is 0 Å². The molecule has 2 aliphatic rings. The van der Waals surface area contributed by atoms with Crippen LogP contribution in [0.2, 0.25) is 0 Å². The summed E-state index contributed by atoms with van der Waals surface area (Å²) in [6, 6.07) is 3.24. The van der Waals surface area contributed by atoms with Crippen LogP contribution in [0.25, 0.3) is 11.4 Å². The lowest BCUT2D eigenvalue weighted by atomic mass is 10.0. The molecule has 0 N–H and O–H groups in total.